The highest BCUT2D eigenvalue weighted by Gasteiger charge is 2.30. The molecule has 0 spiro atoms. The van der Waals surface area contributed by atoms with Gasteiger partial charge in [-0.25, -0.2) is 9.07 Å². The summed E-state index contributed by atoms with van der Waals surface area (Å²) in [6.45, 7) is 4.07. The van der Waals surface area contributed by atoms with Gasteiger partial charge in [-0.05, 0) is 51.7 Å². The van der Waals surface area contributed by atoms with Crippen LogP contribution in [0.2, 0.25) is 5.15 Å². The molecule has 0 saturated heterocycles. The summed E-state index contributed by atoms with van der Waals surface area (Å²) < 4.78 is 28.5. The van der Waals surface area contributed by atoms with Gasteiger partial charge in [0.25, 0.3) is 0 Å². The van der Waals surface area contributed by atoms with Crippen molar-refractivity contribution in [3.63, 3.8) is 0 Å². The first-order valence-electron chi connectivity index (χ1n) is 8.22. The van der Waals surface area contributed by atoms with Gasteiger partial charge in [-0.15, -0.1) is 0 Å². The van der Waals surface area contributed by atoms with E-state index in [1.165, 1.54) is 10.7 Å². The highest BCUT2D eigenvalue weighted by Crippen LogP contribution is 2.38. The molecular weight excluding hydrogens is 349 g/mol. The average Bonchev–Trinajstić information content (AvgIpc) is 3.05. The van der Waals surface area contributed by atoms with Crippen molar-refractivity contribution < 1.29 is 8.60 Å². The van der Waals surface area contributed by atoms with Gasteiger partial charge in [0.15, 0.2) is 0 Å². The van der Waals surface area contributed by atoms with Gasteiger partial charge in [0.1, 0.15) is 16.7 Å². The van der Waals surface area contributed by atoms with Gasteiger partial charge in [-0.3, -0.25) is 4.21 Å². The molecule has 0 amide bonds. The maximum Gasteiger partial charge on any atom is 0.150 e. The summed E-state index contributed by atoms with van der Waals surface area (Å²) in [5, 5.41) is 5.04. The molecule has 2 heterocycles. The largest absolute Gasteiger partial charge is 0.356 e. The van der Waals surface area contributed by atoms with Crippen LogP contribution in [0.3, 0.4) is 0 Å². The fourth-order valence-electron chi connectivity index (χ4n) is 3.47. The molecule has 1 aliphatic carbocycles. The molecule has 1 aromatic carbocycles. The molecule has 1 aromatic heterocycles. The highest BCUT2D eigenvalue weighted by molar-refractivity contribution is 7.85. The molecule has 7 heteroatoms. The number of fused-ring (bicyclic) bond motifs is 2. The summed E-state index contributed by atoms with van der Waals surface area (Å²) in [5.41, 5.74) is 3.14. The maximum atomic E-state index is 14.7. The zero-order valence-corrected chi connectivity index (χ0v) is 15.3. The van der Waals surface area contributed by atoms with Gasteiger partial charge in [0.2, 0.25) is 0 Å². The Morgan fingerprint density at radius 3 is 2.71 bits per heavy atom. The molecule has 4 nitrogen and oxygen atoms in total. The number of aryl methyl sites for hydroxylation is 1. The summed E-state index contributed by atoms with van der Waals surface area (Å²) >= 11 is 6.49. The third-order valence-corrected chi connectivity index (χ3v) is 6.50. The van der Waals surface area contributed by atoms with Crippen molar-refractivity contribution in [2.45, 2.75) is 50.5 Å². The van der Waals surface area contributed by atoms with E-state index in [1.54, 1.807) is 6.07 Å². The van der Waals surface area contributed by atoms with Crippen LogP contribution >= 0.6 is 11.6 Å². The standard InChI is InChI=1S/C17H19ClFN3OS/c1-10(2)21-9-24(23)16-7-12(19)14(8-15(16)21)22-17(18)11-5-3-4-6-13(11)20-22/h7-8,10H,3-6,9H2,1-2H3. The van der Waals surface area contributed by atoms with E-state index in [4.69, 9.17) is 11.6 Å². The zero-order chi connectivity index (χ0) is 17.0. The molecule has 2 aromatic rings. The molecule has 128 valence electrons. The van der Waals surface area contributed by atoms with Crippen LogP contribution in [0, 0.1) is 5.82 Å². The minimum Gasteiger partial charge on any atom is -0.356 e. The molecule has 1 unspecified atom stereocenters. The number of rotatable bonds is 2. The van der Waals surface area contributed by atoms with E-state index in [2.05, 4.69) is 5.10 Å². The van der Waals surface area contributed by atoms with Crippen LogP contribution < -0.4 is 4.90 Å². The Bertz CT molecular complexity index is 849. The second-order valence-electron chi connectivity index (χ2n) is 6.64. The van der Waals surface area contributed by atoms with Crippen molar-refractivity contribution in [1.82, 2.24) is 9.78 Å². The monoisotopic (exact) mass is 367 g/mol. The molecule has 4 rings (SSSR count). The Kier molecular flexibility index (Phi) is 3.92. The Labute approximate surface area is 148 Å². The van der Waals surface area contributed by atoms with Crippen LogP contribution in [0.5, 0.6) is 0 Å². The van der Waals surface area contributed by atoms with Gasteiger partial charge < -0.3 is 4.90 Å². The SMILES string of the molecule is CC(C)N1CS(=O)c2cc(F)c(-n3nc4c(c3Cl)CCCC4)cc21. The molecule has 2 aliphatic rings. The molecule has 1 atom stereocenters. The molecular formula is C17H19ClFN3OS. The van der Waals surface area contributed by atoms with Gasteiger partial charge in [-0.2, -0.15) is 5.10 Å². The number of halogens is 2. The smallest absolute Gasteiger partial charge is 0.150 e. The maximum absolute atomic E-state index is 14.7. The predicted octanol–water partition coefficient (Wildman–Crippen LogP) is 3.84. The lowest BCUT2D eigenvalue weighted by molar-refractivity contribution is 0.604. The quantitative estimate of drug-likeness (QED) is 0.809. The van der Waals surface area contributed by atoms with Crippen LogP contribution in [-0.4, -0.2) is 25.9 Å². The fourth-order valence-corrected chi connectivity index (χ4v) is 5.27. The van der Waals surface area contributed by atoms with Crippen LogP contribution in [0.4, 0.5) is 10.1 Å². The van der Waals surface area contributed by atoms with Crippen LogP contribution in [0.15, 0.2) is 17.0 Å². The molecule has 0 radical (unpaired) electrons. The normalized spacial score (nSPS) is 19.7. The summed E-state index contributed by atoms with van der Waals surface area (Å²) in [6, 6.07) is 3.30. The van der Waals surface area contributed by atoms with Crippen molar-refractivity contribution >= 4 is 28.1 Å². The number of hydrogen-bond acceptors (Lipinski definition) is 3. The molecule has 0 saturated carbocycles. The summed E-state index contributed by atoms with van der Waals surface area (Å²) in [4.78, 5) is 2.59. The number of anilines is 1. The number of hydrogen-bond donors (Lipinski definition) is 0. The third-order valence-electron chi connectivity index (χ3n) is 4.79. The van der Waals surface area contributed by atoms with Crippen LogP contribution in [0.1, 0.15) is 37.9 Å². The van der Waals surface area contributed by atoms with Crippen LogP contribution in [0.25, 0.3) is 5.69 Å². The second-order valence-corrected chi connectivity index (χ2v) is 8.39. The van der Waals surface area contributed by atoms with Crippen molar-refractivity contribution in [3.8, 4) is 5.69 Å². The topological polar surface area (TPSA) is 38.1 Å². The molecule has 0 bridgehead atoms. The molecule has 1 aliphatic heterocycles. The lowest BCUT2D eigenvalue weighted by Gasteiger charge is -2.23. The van der Waals surface area contributed by atoms with Gasteiger partial charge in [0.05, 0.1) is 33.0 Å². The van der Waals surface area contributed by atoms with Crippen LogP contribution in [-0.2, 0) is 23.6 Å². The van der Waals surface area contributed by atoms with Crippen molar-refractivity contribution in [2.75, 3.05) is 10.8 Å². The van der Waals surface area contributed by atoms with Gasteiger partial charge >= 0.3 is 0 Å². The van der Waals surface area contributed by atoms with Gasteiger partial charge in [-0.1, -0.05) is 11.6 Å². The predicted molar refractivity (Wildman–Crippen MR) is 94.1 cm³/mol. The highest BCUT2D eigenvalue weighted by atomic mass is 35.5. The van der Waals surface area contributed by atoms with E-state index in [-0.39, 0.29) is 6.04 Å². The Hall–Kier alpha value is -1.40. The van der Waals surface area contributed by atoms with E-state index >= 15 is 0 Å². The minimum atomic E-state index is -1.20. The fraction of sp³-hybridized carbons (Fsp3) is 0.471. The van der Waals surface area contributed by atoms with E-state index < -0.39 is 16.6 Å². The number of nitrogens with zero attached hydrogens (tertiary/aromatic N) is 3. The third kappa shape index (κ3) is 2.39. The van der Waals surface area contributed by atoms with E-state index in [0.717, 1.165) is 42.6 Å². The minimum absolute atomic E-state index is 0.190. The molecule has 0 fully saturated rings. The van der Waals surface area contributed by atoms with E-state index in [1.807, 2.05) is 18.7 Å². The second kappa shape index (κ2) is 5.85. The Balaban J connectivity index is 1.87. The molecule has 0 N–H and O–H groups in total. The summed E-state index contributed by atoms with van der Waals surface area (Å²) in [6.07, 6.45) is 3.96. The first kappa shape index (κ1) is 16.1. The van der Waals surface area contributed by atoms with Crippen molar-refractivity contribution in [2.24, 2.45) is 0 Å². The average molecular weight is 368 g/mol. The Morgan fingerprint density at radius 1 is 1.25 bits per heavy atom. The summed E-state index contributed by atoms with van der Waals surface area (Å²) in [5.74, 6) is -0.0337. The first-order valence-corrected chi connectivity index (χ1v) is 9.92. The lowest BCUT2D eigenvalue weighted by atomic mass is 9.99. The Morgan fingerprint density at radius 2 is 2.00 bits per heavy atom. The number of aromatic nitrogens is 2. The zero-order valence-electron chi connectivity index (χ0n) is 13.7. The van der Waals surface area contributed by atoms with Crippen molar-refractivity contribution in [3.05, 3.63) is 34.4 Å². The molecule has 24 heavy (non-hydrogen) atoms. The van der Waals surface area contributed by atoms with E-state index in [9.17, 15) is 8.60 Å². The first-order chi connectivity index (χ1) is 11.5. The van der Waals surface area contributed by atoms with E-state index in [0.29, 0.717) is 21.6 Å². The lowest BCUT2D eigenvalue weighted by Crippen LogP contribution is -2.29. The number of benzene rings is 1. The van der Waals surface area contributed by atoms with Gasteiger partial charge in [0, 0.05) is 11.6 Å². The summed E-state index contributed by atoms with van der Waals surface area (Å²) in [7, 11) is -1.20. The van der Waals surface area contributed by atoms with Crippen molar-refractivity contribution in [1.29, 1.82) is 0 Å².